The first-order chi connectivity index (χ1) is 18.1. The van der Waals surface area contributed by atoms with Gasteiger partial charge in [-0.15, -0.1) is 0 Å². The fourth-order valence-electron chi connectivity index (χ4n) is 4.00. The van der Waals surface area contributed by atoms with E-state index < -0.39 is 36.3 Å². The molecule has 0 radical (unpaired) electrons. The molecule has 0 spiro atoms. The molecule has 0 saturated heterocycles. The number of aliphatic hydroxyl groups is 2. The molecule has 198 valence electrons. The average Bonchev–Trinajstić information content (AvgIpc) is 3.26. The molecular formula is C28H29FN4O5. The first-order valence-corrected chi connectivity index (χ1v) is 12.0. The van der Waals surface area contributed by atoms with Crippen LogP contribution in [-0.4, -0.2) is 54.1 Å². The van der Waals surface area contributed by atoms with Crippen molar-refractivity contribution in [3.05, 3.63) is 89.0 Å². The molecule has 3 aromatic rings. The average molecular weight is 521 g/mol. The molecule has 3 N–H and O–H groups in total. The van der Waals surface area contributed by atoms with Crippen LogP contribution in [0.5, 0.6) is 0 Å². The van der Waals surface area contributed by atoms with E-state index in [0.717, 1.165) is 10.5 Å². The number of hydrogen-bond donors (Lipinski definition) is 3. The van der Waals surface area contributed by atoms with Crippen LogP contribution in [0.3, 0.4) is 0 Å². The number of aliphatic hydroxyl groups excluding tert-OH is 2. The van der Waals surface area contributed by atoms with E-state index in [0.29, 0.717) is 16.9 Å². The molecule has 3 rings (SSSR count). The Bertz CT molecular complexity index is 1330. The number of rotatable bonds is 11. The molecule has 0 fully saturated rings. The molecule has 9 nitrogen and oxygen atoms in total. The highest BCUT2D eigenvalue weighted by molar-refractivity contribution is 5.96. The maximum absolute atomic E-state index is 13.6. The standard InChI is InChI=1S/C28H29FN4O5/c1-18(2)26-24(13-12-22(34)14-23(35)15-25(36)37)33(21-10-8-20(29)9-11-21)31-27(26)28(38)32(17-30)16-19-6-4-3-5-7-19/h3-13,18,22-23,34-35H,14-16H2,1-2H3,(H,36,37). The molecule has 0 aliphatic rings. The molecule has 0 bridgehead atoms. The molecular weight excluding hydrogens is 491 g/mol. The van der Waals surface area contributed by atoms with Crippen LogP contribution in [0.15, 0.2) is 60.7 Å². The molecule has 1 heterocycles. The van der Waals surface area contributed by atoms with E-state index >= 15 is 0 Å². The second kappa shape index (κ2) is 12.8. The molecule has 1 amide bonds. The van der Waals surface area contributed by atoms with Gasteiger partial charge >= 0.3 is 5.97 Å². The minimum absolute atomic E-state index is 0.0295. The summed E-state index contributed by atoms with van der Waals surface area (Å²) in [4.78, 5) is 25.4. The third kappa shape index (κ3) is 7.12. The summed E-state index contributed by atoms with van der Waals surface area (Å²) < 4.78 is 15.1. The number of aromatic nitrogens is 2. The van der Waals surface area contributed by atoms with Crippen molar-refractivity contribution < 1.29 is 29.3 Å². The summed E-state index contributed by atoms with van der Waals surface area (Å²) in [5.41, 5.74) is 2.15. The lowest BCUT2D eigenvalue weighted by Crippen LogP contribution is -2.27. The molecule has 10 heteroatoms. The number of nitrogens with zero attached hydrogens (tertiary/aromatic N) is 4. The fourth-order valence-corrected chi connectivity index (χ4v) is 4.00. The Morgan fingerprint density at radius 2 is 1.79 bits per heavy atom. The molecule has 38 heavy (non-hydrogen) atoms. The summed E-state index contributed by atoms with van der Waals surface area (Å²) >= 11 is 0. The normalized spacial score (nSPS) is 12.9. The van der Waals surface area contributed by atoms with Crippen LogP contribution in [0, 0.1) is 17.3 Å². The van der Waals surface area contributed by atoms with E-state index in [2.05, 4.69) is 5.10 Å². The van der Waals surface area contributed by atoms with Gasteiger partial charge in [0.25, 0.3) is 5.91 Å². The van der Waals surface area contributed by atoms with Crippen molar-refractivity contribution in [3.63, 3.8) is 0 Å². The van der Waals surface area contributed by atoms with Gasteiger partial charge in [0.15, 0.2) is 11.9 Å². The quantitative estimate of drug-likeness (QED) is 0.258. The lowest BCUT2D eigenvalue weighted by atomic mass is 9.98. The highest BCUT2D eigenvalue weighted by Crippen LogP contribution is 2.29. The Morgan fingerprint density at radius 3 is 2.37 bits per heavy atom. The number of aliphatic carboxylic acids is 1. The maximum Gasteiger partial charge on any atom is 0.305 e. The summed E-state index contributed by atoms with van der Waals surface area (Å²) in [6.45, 7) is 3.74. The number of hydrogen-bond acceptors (Lipinski definition) is 6. The van der Waals surface area contributed by atoms with E-state index in [9.17, 15) is 29.5 Å². The molecule has 0 aliphatic heterocycles. The van der Waals surface area contributed by atoms with E-state index in [4.69, 9.17) is 5.11 Å². The first kappa shape index (κ1) is 28.2. The van der Waals surface area contributed by atoms with Crippen LogP contribution in [0.4, 0.5) is 4.39 Å². The largest absolute Gasteiger partial charge is 0.481 e. The van der Waals surface area contributed by atoms with E-state index in [1.807, 2.05) is 26.1 Å². The molecule has 2 atom stereocenters. The van der Waals surface area contributed by atoms with Gasteiger partial charge in [-0.2, -0.15) is 10.4 Å². The Kier molecular flexibility index (Phi) is 9.49. The van der Waals surface area contributed by atoms with Crippen molar-refractivity contribution in [3.8, 4) is 11.9 Å². The Morgan fingerprint density at radius 1 is 1.13 bits per heavy atom. The number of amides is 1. The lowest BCUT2D eigenvalue weighted by molar-refractivity contribution is -0.139. The topological polar surface area (TPSA) is 140 Å². The summed E-state index contributed by atoms with van der Waals surface area (Å²) in [5.74, 6) is -2.51. The third-order valence-corrected chi connectivity index (χ3v) is 5.76. The molecule has 1 aromatic heterocycles. The zero-order chi connectivity index (χ0) is 27.8. The molecule has 0 aliphatic carbocycles. The minimum atomic E-state index is -1.25. The number of halogens is 1. The van der Waals surface area contributed by atoms with E-state index in [1.165, 1.54) is 41.1 Å². The summed E-state index contributed by atoms with van der Waals surface area (Å²) in [5, 5.41) is 43.4. The number of carbonyl (C=O) groups is 2. The predicted octanol–water partition coefficient (Wildman–Crippen LogP) is 3.86. The van der Waals surface area contributed by atoms with Crippen molar-refractivity contribution in [1.82, 2.24) is 14.7 Å². The van der Waals surface area contributed by atoms with Gasteiger partial charge in [-0.25, -0.2) is 14.0 Å². The van der Waals surface area contributed by atoms with Crippen LogP contribution in [0.25, 0.3) is 11.8 Å². The van der Waals surface area contributed by atoms with Crippen LogP contribution in [0.1, 0.15) is 59.9 Å². The van der Waals surface area contributed by atoms with Gasteiger partial charge < -0.3 is 15.3 Å². The van der Waals surface area contributed by atoms with Crippen molar-refractivity contribution in [2.24, 2.45) is 0 Å². The molecule has 0 saturated carbocycles. The number of carboxylic acids is 1. The minimum Gasteiger partial charge on any atom is -0.481 e. The number of carbonyl (C=O) groups excluding carboxylic acids is 1. The molecule has 2 unspecified atom stereocenters. The summed E-state index contributed by atoms with van der Waals surface area (Å²) in [6.07, 6.45) is 1.66. The van der Waals surface area contributed by atoms with Gasteiger partial charge in [-0.3, -0.25) is 9.59 Å². The van der Waals surface area contributed by atoms with Gasteiger partial charge in [-0.05, 0) is 41.8 Å². The van der Waals surface area contributed by atoms with Gasteiger partial charge in [0.05, 0.1) is 36.6 Å². The third-order valence-electron chi connectivity index (χ3n) is 5.76. The number of nitriles is 1. The monoisotopic (exact) mass is 520 g/mol. The van der Waals surface area contributed by atoms with E-state index in [-0.39, 0.29) is 24.6 Å². The van der Waals surface area contributed by atoms with Gasteiger partial charge in [0.1, 0.15) is 5.82 Å². The van der Waals surface area contributed by atoms with Crippen LogP contribution < -0.4 is 0 Å². The van der Waals surface area contributed by atoms with E-state index in [1.54, 1.807) is 24.3 Å². The smallest absolute Gasteiger partial charge is 0.305 e. The zero-order valence-corrected chi connectivity index (χ0v) is 21.0. The van der Waals surface area contributed by atoms with Gasteiger partial charge in [0.2, 0.25) is 0 Å². The second-order valence-electron chi connectivity index (χ2n) is 9.08. The highest BCUT2D eigenvalue weighted by Gasteiger charge is 2.28. The lowest BCUT2D eigenvalue weighted by Gasteiger charge is -2.15. The van der Waals surface area contributed by atoms with Gasteiger partial charge in [-0.1, -0.05) is 50.3 Å². The Labute approximate surface area is 219 Å². The van der Waals surface area contributed by atoms with Crippen molar-refractivity contribution in [2.45, 2.75) is 51.4 Å². The predicted molar refractivity (Wildman–Crippen MR) is 137 cm³/mol. The van der Waals surface area contributed by atoms with Crippen LogP contribution in [-0.2, 0) is 11.3 Å². The fraction of sp³-hybridized carbons (Fsp3) is 0.286. The van der Waals surface area contributed by atoms with Crippen molar-refractivity contribution in [1.29, 1.82) is 5.26 Å². The highest BCUT2D eigenvalue weighted by atomic mass is 19.1. The second-order valence-corrected chi connectivity index (χ2v) is 9.08. The van der Waals surface area contributed by atoms with Gasteiger partial charge in [0, 0.05) is 12.0 Å². The number of carboxylic acid groups (broad SMARTS) is 1. The first-order valence-electron chi connectivity index (χ1n) is 12.0. The van der Waals surface area contributed by atoms with Crippen LogP contribution >= 0.6 is 0 Å². The van der Waals surface area contributed by atoms with Crippen molar-refractivity contribution in [2.75, 3.05) is 0 Å². The Balaban J connectivity index is 2.06. The van der Waals surface area contributed by atoms with Crippen molar-refractivity contribution >= 4 is 18.0 Å². The number of benzene rings is 2. The molecule has 2 aromatic carbocycles. The summed E-state index contributed by atoms with van der Waals surface area (Å²) in [6, 6.07) is 14.5. The SMILES string of the molecule is CC(C)c1c(C(=O)N(C#N)Cc2ccccc2)nn(-c2ccc(F)cc2)c1C=CC(O)CC(O)CC(=O)O. The zero-order valence-electron chi connectivity index (χ0n) is 21.0. The Hall–Kier alpha value is -4.33. The van der Waals surface area contributed by atoms with Crippen LogP contribution in [0.2, 0.25) is 0 Å². The maximum atomic E-state index is 13.6. The summed E-state index contributed by atoms with van der Waals surface area (Å²) in [7, 11) is 0.